The van der Waals surface area contributed by atoms with E-state index in [1.165, 1.54) is 0 Å². The first-order valence-electron chi connectivity index (χ1n) is 6.85. The standard InChI is InChI=1S/C13H24N2O3S/c1-9(13(17)18)4-3-5-10(2)15-12(16)11-8-19-7-6-14-11/h9-11,14H,3-8H2,1-2H3,(H,15,16)(H,17,18). The van der Waals surface area contributed by atoms with Crippen LogP contribution in [0.1, 0.15) is 33.1 Å². The second kappa shape index (κ2) is 8.43. The highest BCUT2D eigenvalue weighted by Gasteiger charge is 2.22. The van der Waals surface area contributed by atoms with Crippen molar-refractivity contribution in [3.8, 4) is 0 Å². The van der Waals surface area contributed by atoms with Crippen LogP contribution < -0.4 is 10.6 Å². The fourth-order valence-electron chi connectivity index (χ4n) is 2.00. The number of carboxylic acid groups (broad SMARTS) is 1. The molecule has 0 aromatic heterocycles. The van der Waals surface area contributed by atoms with Gasteiger partial charge < -0.3 is 15.7 Å². The third kappa shape index (κ3) is 6.29. The van der Waals surface area contributed by atoms with Crippen molar-refractivity contribution in [2.45, 2.75) is 45.2 Å². The number of carboxylic acids is 1. The Morgan fingerprint density at radius 2 is 2.16 bits per heavy atom. The van der Waals surface area contributed by atoms with Crippen LogP contribution in [0.4, 0.5) is 0 Å². The molecular formula is C13H24N2O3S. The largest absolute Gasteiger partial charge is 0.481 e. The van der Waals surface area contributed by atoms with Gasteiger partial charge in [0.1, 0.15) is 0 Å². The number of rotatable bonds is 7. The Morgan fingerprint density at radius 3 is 2.74 bits per heavy atom. The van der Waals surface area contributed by atoms with Crippen molar-refractivity contribution in [1.82, 2.24) is 10.6 Å². The molecule has 3 atom stereocenters. The normalized spacial score (nSPS) is 22.5. The number of carbonyl (C=O) groups is 2. The van der Waals surface area contributed by atoms with E-state index in [2.05, 4.69) is 10.6 Å². The van der Waals surface area contributed by atoms with E-state index in [0.717, 1.165) is 30.9 Å². The average Bonchev–Trinajstić information content (AvgIpc) is 2.39. The van der Waals surface area contributed by atoms with E-state index in [-0.39, 0.29) is 23.9 Å². The Bertz CT molecular complexity index is 306. The molecule has 5 nitrogen and oxygen atoms in total. The Kier molecular flexibility index (Phi) is 7.23. The number of nitrogens with one attached hydrogen (secondary N) is 2. The molecule has 3 N–H and O–H groups in total. The molecule has 0 saturated carbocycles. The molecule has 0 aliphatic carbocycles. The second-order valence-corrected chi connectivity index (χ2v) is 6.31. The second-order valence-electron chi connectivity index (χ2n) is 5.16. The SMILES string of the molecule is CC(CCCC(C)C(=O)O)NC(=O)C1CSCCN1. The maximum atomic E-state index is 11.9. The van der Waals surface area contributed by atoms with Gasteiger partial charge in [0.2, 0.25) is 5.91 Å². The Labute approximate surface area is 118 Å². The van der Waals surface area contributed by atoms with Crippen molar-refractivity contribution >= 4 is 23.6 Å². The van der Waals surface area contributed by atoms with Crippen molar-refractivity contribution in [1.29, 1.82) is 0 Å². The summed E-state index contributed by atoms with van der Waals surface area (Å²) in [5.74, 6) is 0.895. The van der Waals surface area contributed by atoms with Gasteiger partial charge in [-0.25, -0.2) is 0 Å². The Hall–Kier alpha value is -0.750. The van der Waals surface area contributed by atoms with E-state index in [0.29, 0.717) is 6.42 Å². The van der Waals surface area contributed by atoms with E-state index in [9.17, 15) is 9.59 Å². The van der Waals surface area contributed by atoms with Crippen LogP contribution in [0.15, 0.2) is 0 Å². The van der Waals surface area contributed by atoms with Crippen LogP contribution in [0.3, 0.4) is 0 Å². The zero-order chi connectivity index (χ0) is 14.3. The maximum Gasteiger partial charge on any atom is 0.306 e. The highest BCUT2D eigenvalue weighted by molar-refractivity contribution is 7.99. The third-order valence-corrected chi connectivity index (χ3v) is 4.38. The summed E-state index contributed by atoms with van der Waals surface area (Å²) in [5.41, 5.74) is 0. The molecule has 1 aliphatic rings. The van der Waals surface area contributed by atoms with Crippen LogP contribution in [0.2, 0.25) is 0 Å². The van der Waals surface area contributed by atoms with Gasteiger partial charge in [-0.3, -0.25) is 9.59 Å². The van der Waals surface area contributed by atoms with Gasteiger partial charge in [-0.05, 0) is 19.8 Å². The third-order valence-electron chi connectivity index (χ3n) is 3.32. The van der Waals surface area contributed by atoms with Crippen molar-refractivity contribution in [3.63, 3.8) is 0 Å². The van der Waals surface area contributed by atoms with Crippen LogP contribution in [0.5, 0.6) is 0 Å². The van der Waals surface area contributed by atoms with Gasteiger partial charge in [-0.15, -0.1) is 0 Å². The van der Waals surface area contributed by atoms with Gasteiger partial charge >= 0.3 is 5.97 Å². The van der Waals surface area contributed by atoms with Gasteiger partial charge in [0, 0.05) is 24.1 Å². The van der Waals surface area contributed by atoms with Crippen LogP contribution in [0.25, 0.3) is 0 Å². The van der Waals surface area contributed by atoms with Gasteiger partial charge in [0.25, 0.3) is 0 Å². The molecule has 1 fully saturated rings. The molecule has 1 rings (SSSR count). The number of thioether (sulfide) groups is 1. The summed E-state index contributed by atoms with van der Waals surface area (Å²) in [6.45, 7) is 4.57. The quantitative estimate of drug-likeness (QED) is 0.653. The van der Waals surface area contributed by atoms with E-state index in [1.54, 1.807) is 18.7 Å². The minimum atomic E-state index is -0.750. The van der Waals surface area contributed by atoms with Crippen molar-refractivity contribution in [2.75, 3.05) is 18.1 Å². The van der Waals surface area contributed by atoms with E-state index in [1.807, 2.05) is 6.92 Å². The number of carbonyl (C=O) groups excluding carboxylic acids is 1. The summed E-state index contributed by atoms with van der Waals surface area (Å²) in [6, 6.07) is 0.0152. The molecule has 110 valence electrons. The van der Waals surface area contributed by atoms with E-state index < -0.39 is 5.97 Å². The lowest BCUT2D eigenvalue weighted by Crippen LogP contribution is -2.50. The zero-order valence-corrected chi connectivity index (χ0v) is 12.5. The van der Waals surface area contributed by atoms with Crippen LogP contribution >= 0.6 is 11.8 Å². The summed E-state index contributed by atoms with van der Waals surface area (Å²) in [5, 5.41) is 15.0. The first-order valence-corrected chi connectivity index (χ1v) is 8.00. The lowest BCUT2D eigenvalue weighted by atomic mass is 10.0. The van der Waals surface area contributed by atoms with Gasteiger partial charge in [0.05, 0.1) is 12.0 Å². The molecule has 0 aromatic rings. The van der Waals surface area contributed by atoms with Crippen LogP contribution in [-0.2, 0) is 9.59 Å². The summed E-state index contributed by atoms with van der Waals surface area (Å²) < 4.78 is 0. The molecule has 0 radical (unpaired) electrons. The van der Waals surface area contributed by atoms with Crippen LogP contribution in [0, 0.1) is 5.92 Å². The molecule has 1 aliphatic heterocycles. The van der Waals surface area contributed by atoms with Gasteiger partial charge in [-0.2, -0.15) is 11.8 Å². The average molecular weight is 288 g/mol. The molecule has 1 saturated heterocycles. The minimum absolute atomic E-state index is 0.0611. The number of aliphatic carboxylic acids is 1. The lowest BCUT2D eigenvalue weighted by Gasteiger charge is -2.24. The molecule has 1 amide bonds. The predicted molar refractivity (Wildman–Crippen MR) is 77.4 cm³/mol. The fraction of sp³-hybridized carbons (Fsp3) is 0.846. The maximum absolute atomic E-state index is 11.9. The molecule has 6 heteroatoms. The van der Waals surface area contributed by atoms with Crippen LogP contribution in [-0.4, -0.2) is 47.1 Å². The van der Waals surface area contributed by atoms with Gasteiger partial charge in [0.15, 0.2) is 0 Å². The van der Waals surface area contributed by atoms with Crippen molar-refractivity contribution < 1.29 is 14.7 Å². The summed E-state index contributed by atoms with van der Waals surface area (Å²) in [7, 11) is 0. The molecular weight excluding hydrogens is 264 g/mol. The predicted octanol–water partition coefficient (Wildman–Crippen LogP) is 1.09. The highest BCUT2D eigenvalue weighted by Crippen LogP contribution is 2.11. The Morgan fingerprint density at radius 1 is 1.42 bits per heavy atom. The lowest BCUT2D eigenvalue weighted by molar-refractivity contribution is -0.141. The number of hydrogen-bond acceptors (Lipinski definition) is 4. The first kappa shape index (κ1) is 16.3. The molecule has 19 heavy (non-hydrogen) atoms. The molecule has 3 unspecified atom stereocenters. The highest BCUT2D eigenvalue weighted by atomic mass is 32.2. The van der Waals surface area contributed by atoms with Crippen molar-refractivity contribution in [2.24, 2.45) is 5.92 Å². The first-order chi connectivity index (χ1) is 9.00. The molecule has 0 aromatic carbocycles. The Balaban J connectivity index is 2.17. The smallest absolute Gasteiger partial charge is 0.306 e. The molecule has 0 spiro atoms. The monoisotopic (exact) mass is 288 g/mol. The topological polar surface area (TPSA) is 78.4 Å². The van der Waals surface area contributed by atoms with Gasteiger partial charge in [-0.1, -0.05) is 13.3 Å². The summed E-state index contributed by atoms with van der Waals surface area (Å²) in [4.78, 5) is 22.6. The minimum Gasteiger partial charge on any atom is -0.481 e. The number of amides is 1. The summed E-state index contributed by atoms with van der Waals surface area (Å²) in [6.07, 6.45) is 2.30. The van der Waals surface area contributed by atoms with E-state index in [4.69, 9.17) is 5.11 Å². The molecule has 1 heterocycles. The summed E-state index contributed by atoms with van der Waals surface area (Å²) >= 11 is 1.79. The zero-order valence-electron chi connectivity index (χ0n) is 11.6. The fourth-order valence-corrected chi connectivity index (χ4v) is 2.94. The number of hydrogen-bond donors (Lipinski definition) is 3. The molecule has 0 bridgehead atoms. The van der Waals surface area contributed by atoms with Crippen molar-refractivity contribution in [3.05, 3.63) is 0 Å². The van der Waals surface area contributed by atoms with E-state index >= 15 is 0 Å².